The van der Waals surface area contributed by atoms with Gasteiger partial charge < -0.3 is 5.32 Å². The SMILES string of the molecule is O=C(NCc1ccc2cn[nH]c2c1)c1ccccc1F. The fourth-order valence-corrected chi connectivity index (χ4v) is 2.02. The maximum Gasteiger partial charge on any atom is 0.254 e. The van der Waals surface area contributed by atoms with Crippen LogP contribution in [0.25, 0.3) is 10.9 Å². The third kappa shape index (κ3) is 2.38. The molecule has 0 spiro atoms. The summed E-state index contributed by atoms with van der Waals surface area (Å²) in [5, 5.41) is 10.5. The normalized spacial score (nSPS) is 10.7. The van der Waals surface area contributed by atoms with Gasteiger partial charge in [0.05, 0.1) is 17.3 Å². The summed E-state index contributed by atoms with van der Waals surface area (Å²) < 4.78 is 13.5. The molecule has 4 nitrogen and oxygen atoms in total. The lowest BCUT2D eigenvalue weighted by Gasteiger charge is -2.06. The Morgan fingerprint density at radius 1 is 1.25 bits per heavy atom. The van der Waals surface area contributed by atoms with Crippen LogP contribution in [0.5, 0.6) is 0 Å². The minimum Gasteiger partial charge on any atom is -0.348 e. The highest BCUT2D eigenvalue weighted by Crippen LogP contribution is 2.13. The van der Waals surface area contributed by atoms with Crippen molar-refractivity contribution >= 4 is 16.8 Å². The summed E-state index contributed by atoms with van der Waals surface area (Å²) in [6.45, 7) is 0.335. The Balaban J connectivity index is 1.73. The average molecular weight is 269 g/mol. The number of aromatic amines is 1. The zero-order valence-corrected chi connectivity index (χ0v) is 10.6. The van der Waals surface area contributed by atoms with E-state index in [0.29, 0.717) is 6.54 Å². The number of amides is 1. The van der Waals surface area contributed by atoms with Gasteiger partial charge in [-0.15, -0.1) is 0 Å². The molecule has 1 heterocycles. The zero-order chi connectivity index (χ0) is 13.9. The van der Waals surface area contributed by atoms with Crippen molar-refractivity contribution in [2.75, 3.05) is 0 Å². The van der Waals surface area contributed by atoms with Crippen molar-refractivity contribution in [1.29, 1.82) is 0 Å². The monoisotopic (exact) mass is 269 g/mol. The standard InChI is InChI=1S/C15H12FN3O/c16-13-4-2-1-3-12(13)15(20)17-8-10-5-6-11-9-18-19-14(11)7-10/h1-7,9H,8H2,(H,17,20)(H,18,19). The van der Waals surface area contributed by atoms with Crippen LogP contribution >= 0.6 is 0 Å². The van der Waals surface area contributed by atoms with Crippen LogP contribution in [0.4, 0.5) is 4.39 Å². The Kier molecular flexibility index (Phi) is 3.16. The molecule has 0 bridgehead atoms. The van der Waals surface area contributed by atoms with Crippen LogP contribution in [0, 0.1) is 5.82 Å². The molecule has 1 amide bonds. The van der Waals surface area contributed by atoms with Crippen LogP contribution in [0.2, 0.25) is 0 Å². The number of fused-ring (bicyclic) bond motifs is 1. The van der Waals surface area contributed by atoms with Gasteiger partial charge in [-0.3, -0.25) is 9.89 Å². The van der Waals surface area contributed by atoms with Crippen LogP contribution in [0.15, 0.2) is 48.7 Å². The molecule has 2 aromatic carbocycles. The number of nitrogens with one attached hydrogen (secondary N) is 2. The predicted octanol–water partition coefficient (Wildman–Crippen LogP) is 2.63. The predicted molar refractivity (Wildman–Crippen MR) is 73.7 cm³/mol. The Hall–Kier alpha value is -2.69. The summed E-state index contributed by atoms with van der Waals surface area (Å²) in [5.74, 6) is -0.943. The van der Waals surface area contributed by atoms with Crippen LogP contribution in [0.3, 0.4) is 0 Å². The maximum atomic E-state index is 13.5. The van der Waals surface area contributed by atoms with Gasteiger partial charge in [0.1, 0.15) is 5.82 Å². The lowest BCUT2D eigenvalue weighted by Crippen LogP contribution is -2.23. The number of benzene rings is 2. The molecule has 0 aliphatic heterocycles. The van der Waals surface area contributed by atoms with Gasteiger partial charge in [0.25, 0.3) is 5.91 Å². The summed E-state index contributed by atoms with van der Waals surface area (Å²) >= 11 is 0. The van der Waals surface area contributed by atoms with E-state index in [1.807, 2.05) is 18.2 Å². The number of rotatable bonds is 3. The van der Waals surface area contributed by atoms with Gasteiger partial charge >= 0.3 is 0 Å². The summed E-state index contributed by atoms with van der Waals surface area (Å²) in [6.07, 6.45) is 1.73. The lowest BCUT2D eigenvalue weighted by atomic mass is 10.1. The number of nitrogens with zero attached hydrogens (tertiary/aromatic N) is 1. The van der Waals surface area contributed by atoms with Crippen molar-refractivity contribution in [3.8, 4) is 0 Å². The fourth-order valence-electron chi connectivity index (χ4n) is 2.02. The van der Waals surface area contributed by atoms with Gasteiger partial charge in [0, 0.05) is 11.9 Å². The van der Waals surface area contributed by atoms with Gasteiger partial charge in [-0.25, -0.2) is 4.39 Å². The molecule has 3 rings (SSSR count). The highest BCUT2D eigenvalue weighted by Gasteiger charge is 2.10. The third-order valence-corrected chi connectivity index (χ3v) is 3.08. The summed E-state index contributed by atoms with van der Waals surface area (Å²) in [4.78, 5) is 11.9. The second kappa shape index (κ2) is 5.13. The Bertz CT molecular complexity index is 766. The van der Waals surface area contributed by atoms with Crippen LogP contribution in [-0.2, 0) is 6.54 Å². The van der Waals surface area contributed by atoms with Crippen LogP contribution < -0.4 is 5.32 Å². The van der Waals surface area contributed by atoms with E-state index in [1.54, 1.807) is 18.3 Å². The maximum absolute atomic E-state index is 13.5. The van der Waals surface area contributed by atoms with E-state index in [4.69, 9.17) is 0 Å². The molecule has 0 fully saturated rings. The smallest absolute Gasteiger partial charge is 0.254 e. The molecule has 0 radical (unpaired) electrons. The zero-order valence-electron chi connectivity index (χ0n) is 10.6. The van der Waals surface area contributed by atoms with Crippen LogP contribution in [0.1, 0.15) is 15.9 Å². The summed E-state index contributed by atoms with van der Waals surface area (Å²) in [6, 6.07) is 11.6. The number of carbonyl (C=O) groups excluding carboxylic acids is 1. The van der Waals surface area contributed by atoms with Crippen molar-refractivity contribution < 1.29 is 9.18 Å². The lowest BCUT2D eigenvalue weighted by molar-refractivity contribution is 0.0947. The molecule has 0 saturated heterocycles. The minimum absolute atomic E-state index is 0.0510. The molecule has 0 atom stereocenters. The molecule has 0 saturated carbocycles. The number of carbonyl (C=O) groups is 1. The molecule has 0 unspecified atom stereocenters. The van der Waals surface area contributed by atoms with Gasteiger partial charge in [-0.05, 0) is 23.8 Å². The second-order valence-electron chi connectivity index (χ2n) is 4.45. The number of hydrogen-bond donors (Lipinski definition) is 2. The van der Waals surface area contributed by atoms with E-state index in [0.717, 1.165) is 16.5 Å². The third-order valence-electron chi connectivity index (χ3n) is 3.08. The van der Waals surface area contributed by atoms with Crippen molar-refractivity contribution in [1.82, 2.24) is 15.5 Å². The van der Waals surface area contributed by atoms with Crippen molar-refractivity contribution in [3.05, 3.63) is 65.6 Å². The molecule has 5 heteroatoms. The Labute approximate surface area is 114 Å². The molecule has 0 aliphatic carbocycles. The van der Waals surface area contributed by atoms with Crippen molar-refractivity contribution in [2.24, 2.45) is 0 Å². The molecule has 3 aromatic rings. The molecule has 100 valence electrons. The van der Waals surface area contributed by atoms with Gasteiger partial charge in [0.2, 0.25) is 0 Å². The Morgan fingerprint density at radius 2 is 2.10 bits per heavy atom. The first-order valence-electron chi connectivity index (χ1n) is 6.19. The van der Waals surface area contributed by atoms with E-state index >= 15 is 0 Å². The van der Waals surface area contributed by atoms with Crippen molar-refractivity contribution in [2.45, 2.75) is 6.54 Å². The first-order chi connectivity index (χ1) is 9.74. The molecule has 1 aromatic heterocycles. The molecular formula is C15H12FN3O. The molecule has 2 N–H and O–H groups in total. The van der Waals surface area contributed by atoms with Gasteiger partial charge in [0.15, 0.2) is 0 Å². The van der Waals surface area contributed by atoms with Gasteiger partial charge in [-0.2, -0.15) is 5.10 Å². The van der Waals surface area contributed by atoms with E-state index in [1.165, 1.54) is 12.1 Å². The van der Waals surface area contributed by atoms with E-state index < -0.39 is 11.7 Å². The van der Waals surface area contributed by atoms with E-state index in [-0.39, 0.29) is 5.56 Å². The van der Waals surface area contributed by atoms with E-state index in [2.05, 4.69) is 15.5 Å². The number of H-pyrrole nitrogens is 1. The molecular weight excluding hydrogens is 257 g/mol. The number of aromatic nitrogens is 2. The van der Waals surface area contributed by atoms with E-state index in [9.17, 15) is 9.18 Å². The first kappa shape index (κ1) is 12.3. The van der Waals surface area contributed by atoms with Crippen molar-refractivity contribution in [3.63, 3.8) is 0 Å². The topological polar surface area (TPSA) is 57.8 Å². The molecule has 20 heavy (non-hydrogen) atoms. The number of hydrogen-bond acceptors (Lipinski definition) is 2. The minimum atomic E-state index is -0.519. The highest BCUT2D eigenvalue weighted by atomic mass is 19.1. The summed E-state index contributed by atoms with van der Waals surface area (Å²) in [7, 11) is 0. The molecule has 0 aliphatic rings. The first-order valence-corrected chi connectivity index (χ1v) is 6.19. The van der Waals surface area contributed by atoms with Crippen LogP contribution in [-0.4, -0.2) is 16.1 Å². The average Bonchev–Trinajstić information content (AvgIpc) is 2.92. The highest BCUT2D eigenvalue weighted by molar-refractivity contribution is 5.94. The second-order valence-corrected chi connectivity index (χ2v) is 4.45. The number of halogens is 1. The largest absolute Gasteiger partial charge is 0.348 e. The quantitative estimate of drug-likeness (QED) is 0.768. The van der Waals surface area contributed by atoms with Gasteiger partial charge in [-0.1, -0.05) is 24.3 Å². The summed E-state index contributed by atoms with van der Waals surface area (Å²) in [5.41, 5.74) is 1.88. The fraction of sp³-hybridized carbons (Fsp3) is 0.0667. The Morgan fingerprint density at radius 3 is 2.95 bits per heavy atom.